The molecule has 1 heterocycles. The van der Waals surface area contributed by atoms with Crippen molar-refractivity contribution >= 4 is 23.0 Å². The molecule has 0 bridgehead atoms. The predicted molar refractivity (Wildman–Crippen MR) is 84.6 cm³/mol. The molecule has 3 rings (SSSR count). The Hall–Kier alpha value is -3.14. The molecular weight excluding hydrogens is 280 g/mol. The highest BCUT2D eigenvalue weighted by Gasteiger charge is 2.09. The maximum atomic E-state index is 12.3. The van der Waals surface area contributed by atoms with Gasteiger partial charge in [-0.2, -0.15) is 0 Å². The Morgan fingerprint density at radius 3 is 2.55 bits per heavy atom. The third-order valence-corrected chi connectivity index (χ3v) is 3.25. The highest BCUT2D eigenvalue weighted by Crippen LogP contribution is 2.24. The smallest absolute Gasteiger partial charge is 0.328 e. The molecule has 0 spiro atoms. The molecule has 0 unspecified atom stereocenters. The molecule has 1 N–H and O–H groups in total. The lowest BCUT2D eigenvalue weighted by molar-refractivity contribution is -0.131. The first-order valence-electron chi connectivity index (χ1n) is 6.68. The van der Waals surface area contributed by atoms with Crippen LogP contribution in [0.15, 0.2) is 69.9 Å². The van der Waals surface area contributed by atoms with Crippen LogP contribution in [0.4, 0.5) is 0 Å². The van der Waals surface area contributed by atoms with Crippen molar-refractivity contribution in [2.45, 2.75) is 0 Å². The summed E-state index contributed by atoms with van der Waals surface area (Å²) in [6.45, 7) is 0. The predicted octanol–water partition coefficient (Wildman–Crippen LogP) is 3.56. The highest BCUT2D eigenvalue weighted by atomic mass is 16.4. The third kappa shape index (κ3) is 2.67. The van der Waals surface area contributed by atoms with E-state index in [1.165, 1.54) is 12.1 Å². The summed E-state index contributed by atoms with van der Waals surface area (Å²) in [5.74, 6) is -0.604. The van der Waals surface area contributed by atoms with E-state index in [2.05, 4.69) is 0 Å². The number of para-hydroxylation sites is 1. The Kier molecular flexibility index (Phi) is 3.58. The maximum absolute atomic E-state index is 12.3. The van der Waals surface area contributed by atoms with Gasteiger partial charge in [-0.3, -0.25) is 4.79 Å². The van der Waals surface area contributed by atoms with Crippen molar-refractivity contribution in [3.8, 4) is 11.3 Å². The van der Waals surface area contributed by atoms with E-state index < -0.39 is 5.97 Å². The summed E-state index contributed by atoms with van der Waals surface area (Å²) >= 11 is 0. The number of hydrogen-bond acceptors (Lipinski definition) is 3. The van der Waals surface area contributed by atoms with E-state index in [1.807, 2.05) is 30.3 Å². The summed E-state index contributed by atoms with van der Waals surface area (Å²) in [7, 11) is 0. The van der Waals surface area contributed by atoms with Crippen LogP contribution in [0.2, 0.25) is 0 Å². The van der Waals surface area contributed by atoms with Crippen LogP contribution in [0.1, 0.15) is 5.56 Å². The fourth-order valence-corrected chi connectivity index (χ4v) is 2.24. The molecule has 0 fully saturated rings. The fourth-order valence-electron chi connectivity index (χ4n) is 2.24. The van der Waals surface area contributed by atoms with Crippen LogP contribution in [0.5, 0.6) is 0 Å². The fraction of sp³-hybridized carbons (Fsp3) is 0. The van der Waals surface area contributed by atoms with Crippen LogP contribution in [0.3, 0.4) is 0 Å². The zero-order chi connectivity index (χ0) is 15.5. The molecule has 0 radical (unpaired) electrons. The molecule has 0 saturated carbocycles. The lowest BCUT2D eigenvalue weighted by atomic mass is 10.1. The largest absolute Gasteiger partial charge is 0.478 e. The van der Waals surface area contributed by atoms with Crippen molar-refractivity contribution in [1.29, 1.82) is 0 Å². The first kappa shape index (κ1) is 13.8. The molecule has 0 aliphatic rings. The van der Waals surface area contributed by atoms with Gasteiger partial charge in [0.25, 0.3) is 0 Å². The molecule has 2 aromatic carbocycles. The number of aliphatic carboxylic acids is 1. The molecule has 4 heteroatoms. The average molecular weight is 292 g/mol. The Morgan fingerprint density at radius 1 is 1.05 bits per heavy atom. The summed E-state index contributed by atoms with van der Waals surface area (Å²) in [6, 6.07) is 15.8. The van der Waals surface area contributed by atoms with Crippen LogP contribution in [-0.4, -0.2) is 11.1 Å². The Labute approximate surface area is 125 Å². The summed E-state index contributed by atoms with van der Waals surface area (Å²) in [5, 5.41) is 9.18. The van der Waals surface area contributed by atoms with Gasteiger partial charge in [0.05, 0.1) is 5.39 Å². The van der Waals surface area contributed by atoms with Gasteiger partial charge in [-0.05, 0) is 12.1 Å². The molecule has 0 atom stereocenters. The van der Waals surface area contributed by atoms with Gasteiger partial charge in [0.2, 0.25) is 0 Å². The van der Waals surface area contributed by atoms with Gasteiger partial charge >= 0.3 is 5.97 Å². The number of benzene rings is 2. The van der Waals surface area contributed by atoms with E-state index in [0.717, 1.165) is 11.6 Å². The summed E-state index contributed by atoms with van der Waals surface area (Å²) < 4.78 is 5.85. The zero-order valence-corrected chi connectivity index (χ0v) is 11.5. The van der Waals surface area contributed by atoms with E-state index >= 15 is 0 Å². The molecule has 0 aliphatic carbocycles. The van der Waals surface area contributed by atoms with Crippen LogP contribution in [0.25, 0.3) is 28.4 Å². The van der Waals surface area contributed by atoms with Crippen LogP contribution >= 0.6 is 0 Å². The maximum Gasteiger partial charge on any atom is 0.328 e. The highest BCUT2D eigenvalue weighted by molar-refractivity contribution is 5.91. The Morgan fingerprint density at radius 2 is 1.82 bits per heavy atom. The normalized spacial score (nSPS) is 11.1. The molecular formula is C18H12O4. The van der Waals surface area contributed by atoms with Crippen molar-refractivity contribution in [3.05, 3.63) is 76.5 Å². The molecule has 3 aromatic rings. The zero-order valence-electron chi connectivity index (χ0n) is 11.5. The van der Waals surface area contributed by atoms with Gasteiger partial charge < -0.3 is 9.52 Å². The van der Waals surface area contributed by atoms with E-state index in [9.17, 15) is 9.59 Å². The van der Waals surface area contributed by atoms with Crippen molar-refractivity contribution in [1.82, 2.24) is 0 Å². The van der Waals surface area contributed by atoms with Gasteiger partial charge in [0.1, 0.15) is 11.3 Å². The minimum Gasteiger partial charge on any atom is -0.478 e. The van der Waals surface area contributed by atoms with Gasteiger partial charge in [0.15, 0.2) is 5.43 Å². The molecule has 0 amide bonds. The first-order valence-corrected chi connectivity index (χ1v) is 6.68. The first-order chi connectivity index (χ1) is 10.6. The van der Waals surface area contributed by atoms with Gasteiger partial charge in [0, 0.05) is 23.3 Å². The monoisotopic (exact) mass is 292 g/mol. The molecule has 108 valence electrons. The quantitative estimate of drug-likeness (QED) is 0.749. The van der Waals surface area contributed by atoms with Crippen LogP contribution in [0, 0.1) is 0 Å². The standard InChI is InChI=1S/C18H12O4/c19-15-11-16(12-5-2-1-3-6-12)22-18-13(9-10-17(20)21)7-4-8-14(15)18/h1-11H,(H,20,21). The second kappa shape index (κ2) is 5.69. The Bertz CT molecular complexity index is 921. The SMILES string of the molecule is O=C(O)C=Cc1cccc2c(=O)cc(-c3ccccc3)oc12. The summed E-state index contributed by atoms with van der Waals surface area (Å²) in [4.78, 5) is 22.9. The van der Waals surface area contributed by atoms with Crippen LogP contribution in [-0.2, 0) is 4.79 Å². The number of fused-ring (bicyclic) bond motifs is 1. The van der Waals surface area contributed by atoms with E-state index in [1.54, 1.807) is 18.2 Å². The molecule has 1 aromatic heterocycles. The number of hydrogen-bond donors (Lipinski definition) is 1. The number of carbonyl (C=O) groups is 1. The number of carboxylic acid groups (broad SMARTS) is 1. The lowest BCUT2D eigenvalue weighted by Crippen LogP contribution is -2.01. The second-order valence-electron chi connectivity index (χ2n) is 4.74. The lowest BCUT2D eigenvalue weighted by Gasteiger charge is -2.05. The molecule has 4 nitrogen and oxygen atoms in total. The molecule has 0 aliphatic heterocycles. The third-order valence-electron chi connectivity index (χ3n) is 3.25. The molecule has 0 saturated heterocycles. The van der Waals surface area contributed by atoms with Crippen molar-refractivity contribution in [2.24, 2.45) is 0 Å². The topological polar surface area (TPSA) is 67.5 Å². The van der Waals surface area contributed by atoms with Crippen molar-refractivity contribution in [2.75, 3.05) is 0 Å². The number of carboxylic acids is 1. The number of rotatable bonds is 3. The minimum absolute atomic E-state index is 0.161. The summed E-state index contributed by atoms with van der Waals surface area (Å²) in [6.07, 6.45) is 2.44. The minimum atomic E-state index is -1.06. The van der Waals surface area contributed by atoms with Gasteiger partial charge in [-0.1, -0.05) is 42.5 Å². The van der Waals surface area contributed by atoms with E-state index in [0.29, 0.717) is 22.3 Å². The molecule has 22 heavy (non-hydrogen) atoms. The van der Waals surface area contributed by atoms with Crippen molar-refractivity contribution < 1.29 is 14.3 Å². The van der Waals surface area contributed by atoms with Gasteiger partial charge in [-0.25, -0.2) is 4.79 Å². The average Bonchev–Trinajstić information content (AvgIpc) is 2.53. The van der Waals surface area contributed by atoms with E-state index in [-0.39, 0.29) is 5.43 Å². The van der Waals surface area contributed by atoms with E-state index in [4.69, 9.17) is 9.52 Å². The second-order valence-corrected chi connectivity index (χ2v) is 4.74. The van der Waals surface area contributed by atoms with Gasteiger partial charge in [-0.15, -0.1) is 0 Å². The summed E-state index contributed by atoms with van der Waals surface area (Å²) in [5.41, 5.74) is 1.56. The Balaban J connectivity index is 2.25. The van der Waals surface area contributed by atoms with Crippen LogP contribution < -0.4 is 5.43 Å². The van der Waals surface area contributed by atoms with Crippen molar-refractivity contribution in [3.63, 3.8) is 0 Å².